The molecule has 1 atom stereocenters. The van der Waals surface area contributed by atoms with Gasteiger partial charge in [-0.15, -0.1) is 0 Å². The van der Waals surface area contributed by atoms with Gasteiger partial charge in [0, 0.05) is 55.6 Å². The number of nitrogen functional groups attached to an aromatic ring is 1. The van der Waals surface area contributed by atoms with Crippen molar-refractivity contribution in [2.75, 3.05) is 44.0 Å². The first-order valence-electron chi connectivity index (χ1n) is 17.5. The van der Waals surface area contributed by atoms with Crippen LogP contribution < -0.4 is 27.2 Å². The predicted molar refractivity (Wildman–Crippen MR) is 198 cm³/mol. The average molecular weight is 745 g/mol. The van der Waals surface area contributed by atoms with Crippen LogP contribution in [0.1, 0.15) is 71.4 Å². The Bertz CT molecular complexity index is 1940. The van der Waals surface area contributed by atoms with Gasteiger partial charge in [0.15, 0.2) is 11.2 Å². The molecule has 4 aromatic rings. The highest BCUT2D eigenvalue weighted by molar-refractivity contribution is 5.97. The lowest BCUT2D eigenvalue weighted by molar-refractivity contribution is -0.139. The van der Waals surface area contributed by atoms with Crippen molar-refractivity contribution < 1.29 is 38.6 Å². The summed E-state index contributed by atoms with van der Waals surface area (Å²) < 4.78 is 10.9. The van der Waals surface area contributed by atoms with Crippen LogP contribution in [0, 0.1) is 0 Å². The molecule has 1 unspecified atom stereocenters. The van der Waals surface area contributed by atoms with Crippen molar-refractivity contribution >= 4 is 52.1 Å². The van der Waals surface area contributed by atoms with Gasteiger partial charge < -0.3 is 36.3 Å². The number of amides is 2. The van der Waals surface area contributed by atoms with Gasteiger partial charge in [0.25, 0.3) is 17.4 Å². The molecule has 0 saturated heterocycles. The highest BCUT2D eigenvalue weighted by Gasteiger charge is 2.22. The van der Waals surface area contributed by atoms with E-state index >= 15 is 0 Å². The first-order chi connectivity index (χ1) is 26.1. The predicted octanol–water partition coefficient (Wildman–Crippen LogP) is 2.42. The summed E-state index contributed by atoms with van der Waals surface area (Å²) in [5.74, 6) is -2.17. The third-order valence-electron chi connectivity index (χ3n) is 8.02. The van der Waals surface area contributed by atoms with Crippen molar-refractivity contribution in [3.8, 4) is 0 Å². The number of carboxylic acids is 1. The van der Waals surface area contributed by atoms with E-state index in [9.17, 15) is 33.9 Å². The summed E-state index contributed by atoms with van der Waals surface area (Å²) in [5, 5.41) is 18.0. The van der Waals surface area contributed by atoms with Crippen LogP contribution in [0.4, 0.5) is 11.6 Å². The van der Waals surface area contributed by atoms with E-state index in [0.29, 0.717) is 62.6 Å². The first-order valence-corrected chi connectivity index (χ1v) is 17.5. The quantitative estimate of drug-likeness (QED) is 0.0564. The molecular formula is C37H44N8O9. The number of aromatic amines is 1. The molecule has 0 bridgehead atoms. The zero-order valence-corrected chi connectivity index (χ0v) is 29.7. The van der Waals surface area contributed by atoms with E-state index in [4.69, 9.17) is 15.2 Å². The first kappa shape index (κ1) is 40.7. The van der Waals surface area contributed by atoms with E-state index in [-0.39, 0.29) is 79.0 Å². The van der Waals surface area contributed by atoms with Crippen LogP contribution in [-0.2, 0) is 30.4 Å². The molecule has 2 amide bonds. The maximum Gasteiger partial charge on any atom is 0.326 e. The molecule has 2 heterocycles. The van der Waals surface area contributed by atoms with Crippen LogP contribution in [0.2, 0.25) is 0 Å². The Morgan fingerprint density at radius 2 is 1.48 bits per heavy atom. The van der Waals surface area contributed by atoms with Gasteiger partial charge in [0.05, 0.1) is 38.3 Å². The number of carbonyl (C=O) groups is 5. The largest absolute Gasteiger partial charge is 0.480 e. The second-order valence-corrected chi connectivity index (χ2v) is 12.2. The zero-order valence-electron chi connectivity index (χ0n) is 29.7. The van der Waals surface area contributed by atoms with Crippen LogP contribution in [0.25, 0.3) is 11.2 Å². The third-order valence-corrected chi connectivity index (χ3v) is 8.02. The number of nitrogens with zero attached hydrogens (tertiary/aromatic N) is 3. The lowest BCUT2D eigenvalue weighted by atomic mass is 10.1. The number of hydrogen-bond acceptors (Lipinski definition) is 13. The minimum absolute atomic E-state index is 0.0242. The van der Waals surface area contributed by atoms with Gasteiger partial charge >= 0.3 is 5.97 Å². The van der Waals surface area contributed by atoms with E-state index in [1.165, 1.54) is 18.3 Å². The topological polar surface area (TPSA) is 258 Å². The zero-order chi connectivity index (χ0) is 38.7. The fourth-order valence-electron chi connectivity index (χ4n) is 5.10. The van der Waals surface area contributed by atoms with Crippen molar-refractivity contribution in [2.45, 2.75) is 57.5 Å². The monoisotopic (exact) mass is 744 g/mol. The standard InChI is InChI=1S/C37H44N8O9/c38-37-44-32-31(35(50)45-37)42-27(23-41-32)22-40-26-12-10-25(11-13-26)34(49)43-30(36(51)52)15-14-28(46)9-5-18-53-20-21-54-19-16-29(47)8-4-17-39-33(48)24-6-2-1-3-7-24/h1-3,6-7,10-13,23,30,40H,4-5,8-9,14-22H2,(H,39,48)(H,43,49)(H,51,52)(H3,38,41,44,45,50). The number of carboxylic acid groups (broad SMARTS) is 1. The molecule has 0 aliphatic rings. The molecule has 2 aromatic carbocycles. The van der Waals surface area contributed by atoms with Crippen LogP contribution in [-0.4, -0.2) is 93.4 Å². The van der Waals surface area contributed by atoms with Gasteiger partial charge in [-0.05, 0) is 55.7 Å². The lowest BCUT2D eigenvalue weighted by Crippen LogP contribution is -2.41. The molecule has 0 radical (unpaired) electrons. The summed E-state index contributed by atoms with van der Waals surface area (Å²) in [4.78, 5) is 87.7. The average Bonchev–Trinajstić information content (AvgIpc) is 3.16. The number of hydrogen-bond donors (Lipinski definition) is 6. The van der Waals surface area contributed by atoms with E-state index < -0.39 is 23.5 Å². The Labute approximate surface area is 310 Å². The minimum Gasteiger partial charge on any atom is -0.480 e. The maximum absolute atomic E-state index is 12.8. The van der Waals surface area contributed by atoms with Gasteiger partial charge in [-0.2, -0.15) is 4.98 Å². The van der Waals surface area contributed by atoms with Crippen LogP contribution in [0.5, 0.6) is 0 Å². The molecule has 4 rings (SSSR count). The number of aromatic nitrogens is 4. The number of nitrogens with one attached hydrogen (secondary N) is 4. The van der Waals surface area contributed by atoms with Crippen molar-refractivity contribution in [1.29, 1.82) is 0 Å². The number of rotatable bonds is 24. The number of ether oxygens (including phenoxy) is 2. The Morgan fingerprint density at radius 3 is 2.22 bits per heavy atom. The fraction of sp³-hybridized carbons (Fsp3) is 0.378. The molecule has 0 aliphatic heterocycles. The van der Waals surface area contributed by atoms with E-state index in [1.807, 2.05) is 6.07 Å². The van der Waals surface area contributed by atoms with Gasteiger partial charge in [-0.1, -0.05) is 18.2 Å². The molecule has 54 heavy (non-hydrogen) atoms. The van der Waals surface area contributed by atoms with Gasteiger partial charge in [0.1, 0.15) is 17.6 Å². The highest BCUT2D eigenvalue weighted by Crippen LogP contribution is 2.13. The lowest BCUT2D eigenvalue weighted by Gasteiger charge is -2.14. The number of nitrogens with two attached hydrogens (primary N) is 1. The molecular weight excluding hydrogens is 700 g/mol. The number of carbonyl (C=O) groups excluding carboxylic acids is 4. The smallest absolute Gasteiger partial charge is 0.326 e. The van der Waals surface area contributed by atoms with Crippen LogP contribution in [0.3, 0.4) is 0 Å². The van der Waals surface area contributed by atoms with Crippen molar-refractivity contribution in [2.24, 2.45) is 0 Å². The summed E-state index contributed by atoms with van der Waals surface area (Å²) in [6.07, 6.45) is 3.19. The Kier molecular flexibility index (Phi) is 16.2. The molecule has 17 heteroatoms. The summed E-state index contributed by atoms with van der Waals surface area (Å²) in [5.41, 5.74) is 7.12. The normalized spacial score (nSPS) is 11.5. The second kappa shape index (κ2) is 21.5. The molecule has 0 aliphatic carbocycles. The van der Waals surface area contributed by atoms with Crippen molar-refractivity contribution in [3.63, 3.8) is 0 Å². The maximum atomic E-state index is 12.8. The van der Waals surface area contributed by atoms with Crippen molar-refractivity contribution in [1.82, 2.24) is 30.6 Å². The van der Waals surface area contributed by atoms with Gasteiger partial charge in [-0.25, -0.2) is 14.8 Å². The molecule has 7 N–H and O–H groups in total. The third kappa shape index (κ3) is 13.8. The molecule has 0 spiro atoms. The van der Waals surface area contributed by atoms with Gasteiger partial charge in [0.2, 0.25) is 5.95 Å². The van der Waals surface area contributed by atoms with Gasteiger partial charge in [-0.3, -0.25) is 29.0 Å². The number of ketones is 2. The molecule has 0 saturated carbocycles. The van der Waals surface area contributed by atoms with E-state index in [1.54, 1.807) is 36.4 Å². The number of benzene rings is 2. The Morgan fingerprint density at radius 1 is 0.796 bits per heavy atom. The minimum atomic E-state index is -1.25. The van der Waals surface area contributed by atoms with Crippen molar-refractivity contribution in [3.05, 3.63) is 88.0 Å². The molecule has 2 aromatic heterocycles. The summed E-state index contributed by atoms with van der Waals surface area (Å²) >= 11 is 0. The number of aliphatic carboxylic acids is 1. The van der Waals surface area contributed by atoms with Crippen LogP contribution in [0.15, 0.2) is 65.6 Å². The summed E-state index contributed by atoms with van der Waals surface area (Å²) in [6.45, 7) is 1.81. The second-order valence-electron chi connectivity index (χ2n) is 12.2. The molecule has 17 nitrogen and oxygen atoms in total. The molecule has 286 valence electrons. The Balaban J connectivity index is 1.03. The van der Waals surface area contributed by atoms with E-state index in [2.05, 4.69) is 35.9 Å². The summed E-state index contributed by atoms with van der Waals surface area (Å²) in [7, 11) is 0. The number of Topliss-reactive ketones (excluding diaryl/α,β-unsaturated/α-hetero) is 2. The SMILES string of the molecule is Nc1nc2ncc(CNc3ccc(C(=O)NC(CCC(=O)CCCOCCOCCC(=O)CCCNC(=O)c4ccccc4)C(=O)O)cc3)nc2c(=O)[nH]1. The highest BCUT2D eigenvalue weighted by atomic mass is 16.5. The number of anilines is 2. The number of H-pyrrole nitrogens is 1. The Hall–Kier alpha value is -6.07. The van der Waals surface area contributed by atoms with E-state index in [0.717, 1.165) is 0 Å². The summed E-state index contributed by atoms with van der Waals surface area (Å²) in [6, 6.07) is 13.9. The molecule has 0 fully saturated rings. The fourth-order valence-corrected chi connectivity index (χ4v) is 5.10. The number of fused-ring (bicyclic) bond motifs is 1. The van der Waals surface area contributed by atoms with Crippen LogP contribution >= 0.6 is 0 Å².